The van der Waals surface area contributed by atoms with Gasteiger partial charge >= 0.3 is 0 Å². The van der Waals surface area contributed by atoms with Gasteiger partial charge in [-0.15, -0.1) is 11.3 Å². The number of anilines is 1. The first-order valence-electron chi connectivity index (χ1n) is 12.3. The van der Waals surface area contributed by atoms with Crippen LogP contribution in [0.1, 0.15) is 55.7 Å². The third-order valence-corrected chi connectivity index (χ3v) is 7.10. The first-order valence-corrected chi connectivity index (χ1v) is 13.2. The van der Waals surface area contributed by atoms with Gasteiger partial charge in [-0.2, -0.15) is 0 Å². The van der Waals surface area contributed by atoms with Gasteiger partial charge in [0.1, 0.15) is 5.82 Å². The fourth-order valence-corrected chi connectivity index (χ4v) is 4.99. The number of pyridine rings is 1. The molecule has 192 valence electrons. The maximum absolute atomic E-state index is 13.6. The summed E-state index contributed by atoms with van der Waals surface area (Å²) < 4.78 is 19.6. The van der Waals surface area contributed by atoms with E-state index in [1.807, 2.05) is 32.2 Å². The number of nitrogens with one attached hydrogen (secondary N) is 2. The largest absolute Gasteiger partial charge is 0.381 e. The third-order valence-electron chi connectivity index (χ3n) is 6.19. The van der Waals surface area contributed by atoms with E-state index in [9.17, 15) is 14.0 Å². The number of rotatable bonds is 6. The van der Waals surface area contributed by atoms with E-state index >= 15 is 0 Å². The maximum atomic E-state index is 13.6. The standard InChI is InChI=1S/C23H25FN6O3S.C2H6/c1-13(15-8-16(24)10-25-9-15)26-23-28-18-4-7-34-20(18)19(29-23)22(32)30-11-17(12-30)27-21(31)14-2-5-33-6-3-14;1-2/h4,7-10,13-14,17H,2-3,5-6,11-12H2,1H3,(H,27,31)(H,26,28,29);1-2H3/t13-;/m0./s1. The average molecular weight is 515 g/mol. The summed E-state index contributed by atoms with van der Waals surface area (Å²) in [7, 11) is 0. The van der Waals surface area contributed by atoms with Crippen LogP contribution in [-0.4, -0.2) is 64.0 Å². The van der Waals surface area contributed by atoms with Gasteiger partial charge in [-0.3, -0.25) is 14.6 Å². The Bertz CT molecular complexity index is 1210. The Balaban J connectivity index is 0.00000148. The predicted octanol–water partition coefficient (Wildman–Crippen LogP) is 3.79. The van der Waals surface area contributed by atoms with Crippen LogP contribution >= 0.6 is 11.3 Å². The summed E-state index contributed by atoms with van der Waals surface area (Å²) in [5.41, 5.74) is 1.63. The summed E-state index contributed by atoms with van der Waals surface area (Å²) >= 11 is 1.41. The van der Waals surface area contributed by atoms with Crippen molar-refractivity contribution in [3.05, 3.63) is 47.0 Å². The molecule has 9 nitrogen and oxygen atoms in total. The summed E-state index contributed by atoms with van der Waals surface area (Å²) in [4.78, 5) is 40.3. The SMILES string of the molecule is CC.C[C@H](Nc1nc(C(=O)N2CC(NC(=O)C3CCOCC3)C2)c2sccc2n1)c1cncc(F)c1. The van der Waals surface area contributed by atoms with Gasteiger partial charge in [0.2, 0.25) is 11.9 Å². The molecule has 2 saturated heterocycles. The van der Waals surface area contributed by atoms with Crippen LogP contribution in [0, 0.1) is 11.7 Å². The van der Waals surface area contributed by atoms with Crippen molar-refractivity contribution in [3.8, 4) is 0 Å². The highest BCUT2D eigenvalue weighted by atomic mass is 32.1. The summed E-state index contributed by atoms with van der Waals surface area (Å²) in [6.07, 6.45) is 4.19. The van der Waals surface area contributed by atoms with Gasteiger partial charge in [0.05, 0.1) is 28.5 Å². The van der Waals surface area contributed by atoms with Gasteiger partial charge in [-0.25, -0.2) is 14.4 Å². The van der Waals surface area contributed by atoms with Crippen LogP contribution in [0.2, 0.25) is 0 Å². The third kappa shape index (κ3) is 5.79. The molecule has 3 aromatic heterocycles. The predicted molar refractivity (Wildman–Crippen MR) is 136 cm³/mol. The topological polar surface area (TPSA) is 109 Å². The number of carbonyl (C=O) groups excluding carboxylic acids is 2. The van der Waals surface area contributed by atoms with Gasteiger partial charge in [0, 0.05) is 38.4 Å². The zero-order valence-electron chi connectivity index (χ0n) is 20.7. The second kappa shape index (κ2) is 11.7. The molecule has 1 atom stereocenters. The Morgan fingerprint density at radius 2 is 1.94 bits per heavy atom. The molecule has 0 aromatic carbocycles. The van der Waals surface area contributed by atoms with Crippen LogP contribution in [0.5, 0.6) is 0 Å². The molecule has 2 N–H and O–H groups in total. The maximum Gasteiger partial charge on any atom is 0.274 e. The molecule has 0 saturated carbocycles. The molecular formula is C25H31FN6O3S. The lowest BCUT2D eigenvalue weighted by Crippen LogP contribution is -2.61. The zero-order chi connectivity index (χ0) is 25.7. The van der Waals surface area contributed by atoms with Crippen LogP contribution < -0.4 is 10.6 Å². The average Bonchev–Trinajstić information content (AvgIpc) is 3.35. The van der Waals surface area contributed by atoms with E-state index in [0.29, 0.717) is 47.8 Å². The summed E-state index contributed by atoms with van der Waals surface area (Å²) in [5, 5.41) is 8.06. The van der Waals surface area contributed by atoms with Crippen molar-refractivity contribution in [2.45, 2.75) is 45.7 Å². The van der Waals surface area contributed by atoms with Crippen LogP contribution in [-0.2, 0) is 9.53 Å². The molecule has 0 spiro atoms. The van der Waals surface area contributed by atoms with E-state index in [0.717, 1.165) is 19.0 Å². The normalized spacial score (nSPS) is 17.1. The number of ether oxygens (including phenoxy) is 1. The van der Waals surface area contributed by atoms with Crippen LogP contribution in [0.3, 0.4) is 0 Å². The minimum Gasteiger partial charge on any atom is -0.381 e. The first-order chi connectivity index (χ1) is 17.5. The lowest BCUT2D eigenvalue weighted by Gasteiger charge is -2.40. The molecule has 0 unspecified atom stereocenters. The Morgan fingerprint density at radius 1 is 1.19 bits per heavy atom. The molecule has 2 fully saturated rings. The van der Waals surface area contributed by atoms with E-state index in [4.69, 9.17) is 4.74 Å². The molecule has 0 radical (unpaired) electrons. The van der Waals surface area contributed by atoms with Crippen LogP contribution in [0.25, 0.3) is 10.2 Å². The van der Waals surface area contributed by atoms with Crippen LogP contribution in [0.15, 0.2) is 29.9 Å². The molecule has 0 aliphatic carbocycles. The van der Waals surface area contributed by atoms with Crippen molar-refractivity contribution < 1.29 is 18.7 Å². The number of hydrogen-bond acceptors (Lipinski definition) is 8. The van der Waals surface area contributed by atoms with E-state index in [1.165, 1.54) is 17.4 Å². The number of nitrogens with zero attached hydrogens (tertiary/aromatic N) is 4. The minimum atomic E-state index is -0.424. The number of thiophene rings is 1. The molecule has 11 heteroatoms. The van der Waals surface area contributed by atoms with Gasteiger partial charge in [0.25, 0.3) is 5.91 Å². The molecule has 2 aliphatic heterocycles. The first kappa shape index (κ1) is 25.9. The minimum absolute atomic E-state index is 0.0185. The van der Waals surface area contributed by atoms with Crippen molar-refractivity contribution in [2.75, 3.05) is 31.6 Å². The van der Waals surface area contributed by atoms with Gasteiger partial charge < -0.3 is 20.3 Å². The molecule has 5 heterocycles. The number of amides is 2. The molecular weight excluding hydrogens is 483 g/mol. The lowest BCUT2D eigenvalue weighted by molar-refractivity contribution is -0.129. The number of hydrogen-bond donors (Lipinski definition) is 2. The molecule has 36 heavy (non-hydrogen) atoms. The fourth-order valence-electron chi connectivity index (χ4n) is 4.18. The Hall–Kier alpha value is -3.18. The molecule has 0 bridgehead atoms. The van der Waals surface area contributed by atoms with E-state index < -0.39 is 5.82 Å². The van der Waals surface area contributed by atoms with Crippen molar-refractivity contribution in [1.82, 2.24) is 25.2 Å². The van der Waals surface area contributed by atoms with E-state index in [1.54, 1.807) is 11.1 Å². The Labute approximate surface area is 213 Å². The Morgan fingerprint density at radius 3 is 2.67 bits per heavy atom. The molecule has 2 amide bonds. The van der Waals surface area contributed by atoms with Crippen LogP contribution in [0.4, 0.5) is 10.3 Å². The van der Waals surface area contributed by atoms with Gasteiger partial charge in [0.15, 0.2) is 5.69 Å². The number of halogens is 1. The fraction of sp³-hybridized carbons (Fsp3) is 0.480. The number of likely N-dealkylation sites (tertiary alicyclic amines) is 1. The highest BCUT2D eigenvalue weighted by Gasteiger charge is 2.35. The highest BCUT2D eigenvalue weighted by Crippen LogP contribution is 2.27. The lowest BCUT2D eigenvalue weighted by atomic mass is 9.98. The summed E-state index contributed by atoms with van der Waals surface area (Å²) in [6.45, 7) is 7.96. The molecule has 3 aromatic rings. The monoisotopic (exact) mass is 514 g/mol. The van der Waals surface area contributed by atoms with Crippen molar-refractivity contribution in [3.63, 3.8) is 0 Å². The summed E-state index contributed by atoms with van der Waals surface area (Å²) in [5.74, 6) is -0.316. The van der Waals surface area contributed by atoms with Crippen molar-refractivity contribution in [2.24, 2.45) is 5.92 Å². The second-order valence-electron chi connectivity index (χ2n) is 8.64. The second-order valence-corrected chi connectivity index (χ2v) is 9.55. The smallest absolute Gasteiger partial charge is 0.274 e. The zero-order valence-corrected chi connectivity index (χ0v) is 21.5. The van der Waals surface area contributed by atoms with Crippen molar-refractivity contribution >= 4 is 39.3 Å². The summed E-state index contributed by atoms with van der Waals surface area (Å²) in [6, 6.07) is 2.87. The van der Waals surface area contributed by atoms with E-state index in [-0.39, 0.29) is 35.8 Å². The van der Waals surface area contributed by atoms with Gasteiger partial charge in [-0.1, -0.05) is 13.8 Å². The van der Waals surface area contributed by atoms with E-state index in [2.05, 4.69) is 25.6 Å². The number of carbonyl (C=O) groups is 2. The molecule has 5 rings (SSSR count). The quantitative estimate of drug-likeness (QED) is 0.515. The highest BCUT2D eigenvalue weighted by molar-refractivity contribution is 7.17. The van der Waals surface area contributed by atoms with Crippen molar-refractivity contribution in [1.29, 1.82) is 0 Å². The molecule has 2 aliphatic rings. The van der Waals surface area contributed by atoms with Gasteiger partial charge in [-0.05, 0) is 42.8 Å². The number of aromatic nitrogens is 3. The number of fused-ring (bicyclic) bond motifs is 1. The Kier molecular flexibility index (Phi) is 8.42.